The smallest absolute Gasteiger partial charge is 0.224 e. The first-order chi connectivity index (χ1) is 10.1. The summed E-state index contributed by atoms with van der Waals surface area (Å²) in [6.07, 6.45) is 2.66. The molecule has 0 aliphatic rings. The topological polar surface area (TPSA) is 41.1 Å². The van der Waals surface area contributed by atoms with E-state index in [9.17, 15) is 0 Å². The van der Waals surface area contributed by atoms with Crippen LogP contribution in [-0.4, -0.2) is 23.6 Å². The largest absolute Gasteiger partial charge is 0.354 e. The summed E-state index contributed by atoms with van der Waals surface area (Å²) in [4.78, 5) is 10.7. The molecule has 0 radical (unpaired) electrons. The molecule has 1 aromatic carbocycles. The van der Waals surface area contributed by atoms with E-state index in [2.05, 4.69) is 44.2 Å². The fourth-order valence-corrected chi connectivity index (χ4v) is 2.55. The number of rotatable bonds is 6. The zero-order valence-electron chi connectivity index (χ0n) is 12.1. The Morgan fingerprint density at radius 3 is 2.81 bits per heavy atom. The fraction of sp³-hybridized carbons (Fsp3) is 0.333. The van der Waals surface area contributed by atoms with Crippen molar-refractivity contribution in [2.24, 2.45) is 0 Å². The van der Waals surface area contributed by atoms with E-state index in [-0.39, 0.29) is 0 Å². The van der Waals surface area contributed by atoms with Crippen LogP contribution in [-0.2, 0) is 6.54 Å². The molecule has 0 spiro atoms. The van der Waals surface area contributed by atoms with Gasteiger partial charge < -0.3 is 10.2 Å². The summed E-state index contributed by atoms with van der Waals surface area (Å²) in [6, 6.07) is 8.12. The van der Waals surface area contributed by atoms with Crippen molar-refractivity contribution in [1.29, 1.82) is 0 Å². The monoisotopic (exact) mass is 368 g/mol. The van der Waals surface area contributed by atoms with Crippen LogP contribution in [0.1, 0.15) is 18.9 Å². The van der Waals surface area contributed by atoms with Gasteiger partial charge >= 0.3 is 0 Å². The molecule has 0 atom stereocenters. The summed E-state index contributed by atoms with van der Waals surface area (Å²) in [5.41, 5.74) is 1.18. The SMILES string of the molecule is CCCNc1ncc(Cl)c(N(C)Cc2ccccc2Br)n1. The van der Waals surface area contributed by atoms with Gasteiger partial charge in [0.15, 0.2) is 5.82 Å². The van der Waals surface area contributed by atoms with Gasteiger partial charge in [-0.3, -0.25) is 0 Å². The summed E-state index contributed by atoms with van der Waals surface area (Å²) in [6.45, 7) is 3.66. The third-order valence-corrected chi connectivity index (χ3v) is 4.03. The van der Waals surface area contributed by atoms with E-state index in [1.54, 1.807) is 6.20 Å². The van der Waals surface area contributed by atoms with Crippen LogP contribution in [0.15, 0.2) is 34.9 Å². The molecule has 2 aromatic rings. The lowest BCUT2D eigenvalue weighted by Crippen LogP contribution is -2.19. The molecule has 4 nitrogen and oxygen atoms in total. The Morgan fingerprint density at radius 2 is 2.10 bits per heavy atom. The second-order valence-electron chi connectivity index (χ2n) is 4.74. The molecule has 0 aliphatic carbocycles. The summed E-state index contributed by atoms with van der Waals surface area (Å²) in [7, 11) is 1.97. The highest BCUT2D eigenvalue weighted by molar-refractivity contribution is 9.10. The lowest BCUT2D eigenvalue weighted by Gasteiger charge is -2.20. The minimum atomic E-state index is 0.548. The van der Waals surface area contributed by atoms with Crippen LogP contribution >= 0.6 is 27.5 Å². The maximum absolute atomic E-state index is 6.22. The van der Waals surface area contributed by atoms with Gasteiger partial charge in [0.25, 0.3) is 0 Å². The van der Waals surface area contributed by atoms with Crippen molar-refractivity contribution in [3.8, 4) is 0 Å². The van der Waals surface area contributed by atoms with E-state index in [1.807, 2.05) is 30.1 Å². The Hall–Kier alpha value is -1.33. The molecule has 0 amide bonds. The normalized spacial score (nSPS) is 10.5. The number of nitrogens with one attached hydrogen (secondary N) is 1. The van der Waals surface area contributed by atoms with Crippen LogP contribution in [0.2, 0.25) is 5.02 Å². The van der Waals surface area contributed by atoms with Crippen LogP contribution < -0.4 is 10.2 Å². The van der Waals surface area contributed by atoms with Crippen LogP contribution in [0.25, 0.3) is 0 Å². The van der Waals surface area contributed by atoms with Crippen molar-refractivity contribution in [3.05, 3.63) is 45.5 Å². The second-order valence-corrected chi connectivity index (χ2v) is 6.00. The first kappa shape index (κ1) is 16.0. The Labute approximate surface area is 138 Å². The lowest BCUT2D eigenvalue weighted by atomic mass is 10.2. The summed E-state index contributed by atoms with van der Waals surface area (Å²) < 4.78 is 1.08. The van der Waals surface area contributed by atoms with Crippen LogP contribution in [0, 0.1) is 0 Å². The summed E-state index contributed by atoms with van der Waals surface area (Å²) in [5.74, 6) is 1.33. The highest BCUT2D eigenvalue weighted by Crippen LogP contribution is 2.26. The quantitative estimate of drug-likeness (QED) is 0.822. The molecule has 0 fully saturated rings. The second kappa shape index (κ2) is 7.61. The van der Waals surface area contributed by atoms with Gasteiger partial charge in [-0.25, -0.2) is 4.98 Å². The van der Waals surface area contributed by atoms with E-state index in [1.165, 1.54) is 5.56 Å². The van der Waals surface area contributed by atoms with E-state index >= 15 is 0 Å². The highest BCUT2D eigenvalue weighted by atomic mass is 79.9. The summed E-state index contributed by atoms with van der Waals surface area (Å²) in [5, 5.41) is 3.72. The minimum absolute atomic E-state index is 0.548. The van der Waals surface area contributed by atoms with E-state index in [0.717, 1.165) is 23.3 Å². The molecule has 0 saturated heterocycles. The molecular formula is C15H18BrClN4. The Balaban J connectivity index is 2.18. The van der Waals surface area contributed by atoms with E-state index in [0.29, 0.717) is 17.5 Å². The predicted octanol–water partition coefficient (Wildman–Crippen LogP) is 4.35. The third kappa shape index (κ3) is 4.32. The van der Waals surface area contributed by atoms with Crippen molar-refractivity contribution in [2.75, 3.05) is 23.8 Å². The Kier molecular flexibility index (Phi) is 5.82. The average molecular weight is 370 g/mol. The number of nitrogens with zero attached hydrogens (tertiary/aromatic N) is 3. The molecular weight excluding hydrogens is 352 g/mol. The Morgan fingerprint density at radius 1 is 1.33 bits per heavy atom. The van der Waals surface area contributed by atoms with Crippen molar-refractivity contribution in [2.45, 2.75) is 19.9 Å². The van der Waals surface area contributed by atoms with Crippen molar-refractivity contribution in [3.63, 3.8) is 0 Å². The van der Waals surface area contributed by atoms with Gasteiger partial charge in [-0.1, -0.05) is 52.7 Å². The number of benzene rings is 1. The fourth-order valence-electron chi connectivity index (χ4n) is 1.90. The van der Waals surface area contributed by atoms with Gasteiger partial charge in [0.1, 0.15) is 5.02 Å². The number of hydrogen-bond acceptors (Lipinski definition) is 4. The van der Waals surface area contributed by atoms with Gasteiger partial charge in [-0.05, 0) is 18.1 Å². The molecule has 21 heavy (non-hydrogen) atoms. The molecule has 6 heteroatoms. The van der Waals surface area contributed by atoms with Crippen molar-refractivity contribution >= 4 is 39.3 Å². The first-order valence-electron chi connectivity index (χ1n) is 6.82. The third-order valence-electron chi connectivity index (χ3n) is 2.99. The maximum Gasteiger partial charge on any atom is 0.224 e. The maximum atomic E-state index is 6.22. The minimum Gasteiger partial charge on any atom is -0.354 e. The van der Waals surface area contributed by atoms with Crippen LogP contribution in [0.3, 0.4) is 0 Å². The molecule has 1 N–H and O–H groups in total. The van der Waals surface area contributed by atoms with Gasteiger partial charge in [-0.2, -0.15) is 4.98 Å². The molecule has 0 aliphatic heterocycles. The molecule has 112 valence electrons. The van der Waals surface area contributed by atoms with Gasteiger partial charge in [-0.15, -0.1) is 0 Å². The van der Waals surface area contributed by atoms with Gasteiger partial charge in [0, 0.05) is 24.6 Å². The van der Waals surface area contributed by atoms with Crippen molar-refractivity contribution in [1.82, 2.24) is 9.97 Å². The first-order valence-corrected chi connectivity index (χ1v) is 8.00. The lowest BCUT2D eigenvalue weighted by molar-refractivity contribution is 0.881. The molecule has 1 aromatic heterocycles. The van der Waals surface area contributed by atoms with Crippen LogP contribution in [0.5, 0.6) is 0 Å². The predicted molar refractivity (Wildman–Crippen MR) is 92.1 cm³/mol. The molecule has 0 saturated carbocycles. The van der Waals surface area contributed by atoms with Gasteiger partial charge in [0.05, 0.1) is 6.20 Å². The summed E-state index contributed by atoms with van der Waals surface area (Å²) >= 11 is 9.78. The van der Waals surface area contributed by atoms with Crippen LogP contribution in [0.4, 0.5) is 11.8 Å². The van der Waals surface area contributed by atoms with E-state index in [4.69, 9.17) is 11.6 Å². The van der Waals surface area contributed by atoms with E-state index < -0.39 is 0 Å². The molecule has 1 heterocycles. The average Bonchev–Trinajstić information content (AvgIpc) is 2.48. The Bertz CT molecular complexity index is 606. The molecule has 2 rings (SSSR count). The zero-order chi connectivity index (χ0) is 15.2. The number of anilines is 2. The standard InChI is InChI=1S/C15H18BrClN4/c1-3-8-18-15-19-9-13(17)14(20-15)21(2)10-11-6-4-5-7-12(11)16/h4-7,9H,3,8,10H2,1-2H3,(H,18,19,20). The molecule has 0 bridgehead atoms. The van der Waals surface area contributed by atoms with Gasteiger partial charge in [0.2, 0.25) is 5.95 Å². The molecule has 0 unspecified atom stereocenters. The highest BCUT2D eigenvalue weighted by Gasteiger charge is 2.11. The zero-order valence-corrected chi connectivity index (χ0v) is 14.4. The van der Waals surface area contributed by atoms with Crippen molar-refractivity contribution < 1.29 is 0 Å². The number of aromatic nitrogens is 2. The number of halogens is 2. The number of hydrogen-bond donors (Lipinski definition) is 1.